The first-order chi connectivity index (χ1) is 11.2. The van der Waals surface area contributed by atoms with Crippen LogP contribution in [0.4, 0.5) is 8.78 Å². The van der Waals surface area contributed by atoms with E-state index >= 15 is 0 Å². The first kappa shape index (κ1) is 15.8. The summed E-state index contributed by atoms with van der Waals surface area (Å²) in [6.07, 6.45) is 3.12. The van der Waals surface area contributed by atoms with Gasteiger partial charge in [0.05, 0.1) is 25.1 Å². The third-order valence-corrected chi connectivity index (χ3v) is 3.55. The van der Waals surface area contributed by atoms with Crippen LogP contribution >= 0.6 is 0 Å². The third kappa shape index (κ3) is 4.43. The van der Waals surface area contributed by atoms with Crippen molar-refractivity contribution in [3.05, 3.63) is 53.6 Å². The lowest BCUT2D eigenvalue weighted by Crippen LogP contribution is -2.33. The highest BCUT2D eigenvalue weighted by Crippen LogP contribution is 2.20. The molecule has 0 saturated carbocycles. The number of alkyl halides is 2. The molecule has 0 amide bonds. The van der Waals surface area contributed by atoms with Gasteiger partial charge in [-0.2, -0.15) is 8.78 Å². The lowest BCUT2D eigenvalue weighted by atomic mass is 10.0. The van der Waals surface area contributed by atoms with Gasteiger partial charge in [-0.1, -0.05) is 24.3 Å². The number of benzene rings is 1. The molecule has 1 aliphatic rings. The quantitative estimate of drug-likeness (QED) is 0.916. The van der Waals surface area contributed by atoms with Crippen molar-refractivity contribution in [2.45, 2.75) is 19.1 Å². The highest BCUT2D eigenvalue weighted by molar-refractivity contribution is 5.27. The van der Waals surface area contributed by atoms with Crippen molar-refractivity contribution < 1.29 is 18.3 Å². The smallest absolute Gasteiger partial charge is 0.387 e. The first-order valence-electron chi connectivity index (χ1n) is 7.37. The number of hydrogen-bond acceptors (Lipinski definition) is 5. The molecule has 122 valence electrons. The van der Waals surface area contributed by atoms with Gasteiger partial charge in [0.25, 0.3) is 0 Å². The van der Waals surface area contributed by atoms with Crippen LogP contribution in [0.15, 0.2) is 36.7 Å². The number of rotatable bonds is 5. The second-order valence-corrected chi connectivity index (χ2v) is 5.20. The molecule has 5 nitrogen and oxygen atoms in total. The van der Waals surface area contributed by atoms with Crippen LogP contribution in [0.3, 0.4) is 0 Å². The summed E-state index contributed by atoms with van der Waals surface area (Å²) in [7, 11) is 0. The number of nitrogens with one attached hydrogen (secondary N) is 1. The summed E-state index contributed by atoms with van der Waals surface area (Å²) >= 11 is 0. The van der Waals surface area contributed by atoms with Crippen molar-refractivity contribution in [2.24, 2.45) is 0 Å². The van der Waals surface area contributed by atoms with E-state index in [1.165, 1.54) is 12.4 Å². The van der Waals surface area contributed by atoms with Crippen LogP contribution < -0.4 is 10.1 Å². The van der Waals surface area contributed by atoms with E-state index in [1.807, 2.05) is 24.3 Å². The summed E-state index contributed by atoms with van der Waals surface area (Å²) in [4.78, 5) is 8.07. The highest BCUT2D eigenvalue weighted by Gasteiger charge is 2.15. The molecule has 0 bridgehead atoms. The Kier molecular flexibility index (Phi) is 5.09. The average Bonchev–Trinajstić information content (AvgIpc) is 2.58. The topological polar surface area (TPSA) is 56.3 Å². The molecule has 2 aromatic rings. The van der Waals surface area contributed by atoms with Gasteiger partial charge in [0.2, 0.25) is 0 Å². The zero-order chi connectivity index (χ0) is 16.1. The van der Waals surface area contributed by atoms with Crippen molar-refractivity contribution in [3.8, 4) is 5.75 Å². The Labute approximate surface area is 132 Å². The zero-order valence-corrected chi connectivity index (χ0v) is 12.4. The molecule has 3 rings (SSSR count). The van der Waals surface area contributed by atoms with Crippen LogP contribution in [0.2, 0.25) is 0 Å². The van der Waals surface area contributed by atoms with Crippen molar-refractivity contribution in [1.82, 2.24) is 15.3 Å². The number of nitrogens with zero attached hydrogens (tertiary/aromatic N) is 2. The van der Waals surface area contributed by atoms with E-state index in [4.69, 9.17) is 4.74 Å². The standard InChI is InChI=1S/C16H17F2N3O2/c17-16(18)23-13-8-20-15(21-9-13)7-11-1-3-12(4-2-11)14-10-19-5-6-22-14/h1-4,8-9,14,16,19H,5-7,10H2/t14-/m0/s1. The van der Waals surface area contributed by atoms with Gasteiger partial charge >= 0.3 is 6.61 Å². The minimum absolute atomic E-state index is 0.0407. The Morgan fingerprint density at radius 1 is 1.22 bits per heavy atom. The summed E-state index contributed by atoms with van der Waals surface area (Å²) in [5, 5.41) is 3.30. The zero-order valence-electron chi connectivity index (χ0n) is 12.4. The molecule has 1 aliphatic heterocycles. The molecule has 0 aliphatic carbocycles. The number of halogens is 2. The largest absolute Gasteiger partial charge is 0.432 e. The maximum atomic E-state index is 12.1. The molecular weight excluding hydrogens is 304 g/mol. The van der Waals surface area contributed by atoms with Gasteiger partial charge in [-0.05, 0) is 11.1 Å². The van der Waals surface area contributed by atoms with E-state index in [2.05, 4.69) is 20.0 Å². The minimum Gasteiger partial charge on any atom is -0.432 e. The number of morpholine rings is 1. The molecule has 0 spiro atoms. The van der Waals surface area contributed by atoms with E-state index in [9.17, 15) is 8.78 Å². The van der Waals surface area contributed by atoms with Crippen LogP contribution in [0, 0.1) is 0 Å². The Balaban J connectivity index is 1.61. The molecule has 1 aromatic carbocycles. The van der Waals surface area contributed by atoms with Gasteiger partial charge in [0.15, 0.2) is 5.75 Å². The molecule has 1 saturated heterocycles. The monoisotopic (exact) mass is 321 g/mol. The normalized spacial score (nSPS) is 18.1. The molecule has 2 heterocycles. The van der Waals surface area contributed by atoms with Crippen LogP contribution in [-0.4, -0.2) is 36.3 Å². The predicted molar refractivity (Wildman–Crippen MR) is 79.5 cm³/mol. The lowest BCUT2D eigenvalue weighted by molar-refractivity contribution is -0.0503. The molecule has 1 N–H and O–H groups in total. The van der Waals surface area contributed by atoms with E-state index in [1.54, 1.807) is 0 Å². The fraction of sp³-hybridized carbons (Fsp3) is 0.375. The minimum atomic E-state index is -2.87. The summed E-state index contributed by atoms with van der Waals surface area (Å²) in [5.41, 5.74) is 2.17. The second-order valence-electron chi connectivity index (χ2n) is 5.20. The number of ether oxygens (including phenoxy) is 2. The number of aromatic nitrogens is 2. The summed E-state index contributed by atoms with van der Waals surface area (Å²) in [6.45, 7) is -0.452. The van der Waals surface area contributed by atoms with Gasteiger partial charge in [0, 0.05) is 19.5 Å². The van der Waals surface area contributed by atoms with Gasteiger partial charge in [-0.3, -0.25) is 0 Å². The molecule has 1 atom stereocenters. The van der Waals surface area contributed by atoms with Crippen LogP contribution in [0.5, 0.6) is 5.75 Å². The molecular formula is C16H17F2N3O2. The maximum Gasteiger partial charge on any atom is 0.387 e. The summed E-state index contributed by atoms with van der Waals surface area (Å²) in [6, 6.07) is 8.06. The Morgan fingerprint density at radius 3 is 2.57 bits per heavy atom. The van der Waals surface area contributed by atoms with E-state index in [0.29, 0.717) is 18.9 Å². The number of hydrogen-bond donors (Lipinski definition) is 1. The average molecular weight is 321 g/mol. The lowest BCUT2D eigenvalue weighted by Gasteiger charge is -2.24. The Bertz CT molecular complexity index is 614. The Morgan fingerprint density at radius 2 is 1.96 bits per heavy atom. The van der Waals surface area contributed by atoms with E-state index in [-0.39, 0.29) is 11.9 Å². The fourth-order valence-corrected chi connectivity index (χ4v) is 2.41. The van der Waals surface area contributed by atoms with Crippen LogP contribution in [-0.2, 0) is 11.2 Å². The van der Waals surface area contributed by atoms with E-state index in [0.717, 1.165) is 24.2 Å². The summed E-state index contributed by atoms with van der Waals surface area (Å²) in [5.74, 6) is 0.510. The molecule has 7 heteroatoms. The van der Waals surface area contributed by atoms with E-state index < -0.39 is 6.61 Å². The third-order valence-electron chi connectivity index (χ3n) is 3.55. The Hall–Kier alpha value is -2.12. The molecule has 1 aromatic heterocycles. The van der Waals surface area contributed by atoms with Crippen molar-refractivity contribution in [2.75, 3.05) is 19.7 Å². The van der Waals surface area contributed by atoms with Crippen molar-refractivity contribution in [1.29, 1.82) is 0 Å². The van der Waals surface area contributed by atoms with Crippen molar-refractivity contribution >= 4 is 0 Å². The highest BCUT2D eigenvalue weighted by atomic mass is 19.3. The van der Waals surface area contributed by atoms with Gasteiger partial charge in [-0.25, -0.2) is 9.97 Å². The first-order valence-corrected chi connectivity index (χ1v) is 7.37. The van der Waals surface area contributed by atoms with Crippen molar-refractivity contribution in [3.63, 3.8) is 0 Å². The molecule has 0 radical (unpaired) electrons. The summed E-state index contributed by atoms with van der Waals surface area (Å²) < 4.78 is 34.1. The van der Waals surface area contributed by atoms with Crippen LogP contribution in [0.25, 0.3) is 0 Å². The van der Waals surface area contributed by atoms with Crippen LogP contribution in [0.1, 0.15) is 23.1 Å². The van der Waals surface area contributed by atoms with Gasteiger partial charge < -0.3 is 14.8 Å². The fourth-order valence-electron chi connectivity index (χ4n) is 2.41. The molecule has 0 unspecified atom stereocenters. The SMILES string of the molecule is FC(F)Oc1cnc(Cc2ccc([C@@H]3CNCCO3)cc2)nc1. The second kappa shape index (κ2) is 7.43. The van der Waals surface area contributed by atoms with Gasteiger partial charge in [-0.15, -0.1) is 0 Å². The van der Waals surface area contributed by atoms with Gasteiger partial charge in [0.1, 0.15) is 5.82 Å². The molecule has 23 heavy (non-hydrogen) atoms. The predicted octanol–water partition coefficient (Wildman–Crippen LogP) is 2.33. The molecule has 1 fully saturated rings. The maximum absolute atomic E-state index is 12.1.